The van der Waals surface area contributed by atoms with E-state index < -0.39 is 0 Å². The molecule has 25 heavy (non-hydrogen) atoms. The normalized spacial score (nSPS) is 13.6. The third kappa shape index (κ3) is 3.71. The fourth-order valence-electron chi connectivity index (χ4n) is 2.79. The Morgan fingerprint density at radius 3 is 2.52 bits per heavy atom. The van der Waals surface area contributed by atoms with Crippen molar-refractivity contribution in [3.63, 3.8) is 0 Å². The van der Waals surface area contributed by atoms with Crippen molar-refractivity contribution in [1.29, 1.82) is 0 Å². The molecule has 0 unspecified atom stereocenters. The third-order valence-corrected chi connectivity index (χ3v) is 4.29. The summed E-state index contributed by atoms with van der Waals surface area (Å²) in [7, 11) is 0. The summed E-state index contributed by atoms with van der Waals surface area (Å²) >= 11 is 0. The van der Waals surface area contributed by atoms with Crippen molar-refractivity contribution in [2.24, 2.45) is 0 Å². The average molecular weight is 333 g/mol. The number of amides is 2. The van der Waals surface area contributed by atoms with E-state index in [0.717, 1.165) is 29.3 Å². The highest BCUT2D eigenvalue weighted by Gasteiger charge is 2.23. The highest BCUT2D eigenvalue weighted by Crippen LogP contribution is 2.19. The highest BCUT2D eigenvalue weighted by atomic mass is 16.2. The van der Waals surface area contributed by atoms with Gasteiger partial charge in [-0.05, 0) is 42.7 Å². The van der Waals surface area contributed by atoms with E-state index in [2.05, 4.69) is 15.6 Å². The van der Waals surface area contributed by atoms with Gasteiger partial charge in [-0.2, -0.15) is 0 Å². The molecule has 0 atom stereocenters. The largest absolute Gasteiger partial charge is 0.353 e. The summed E-state index contributed by atoms with van der Waals surface area (Å²) in [6.45, 7) is 0. The number of para-hydroxylation sites is 1. The van der Waals surface area contributed by atoms with Crippen LogP contribution in [0, 0.1) is 0 Å². The molecule has 126 valence electrons. The lowest BCUT2D eigenvalue weighted by Crippen LogP contribution is -2.26. The molecule has 0 aliphatic heterocycles. The zero-order chi connectivity index (χ0) is 17.2. The number of H-pyrrole nitrogens is 1. The van der Waals surface area contributed by atoms with Crippen LogP contribution in [0.15, 0.2) is 54.6 Å². The number of aromatic amines is 1. The lowest BCUT2D eigenvalue weighted by molar-refractivity contribution is -0.120. The van der Waals surface area contributed by atoms with E-state index in [0.29, 0.717) is 23.8 Å². The predicted octanol–water partition coefficient (Wildman–Crippen LogP) is 3.24. The summed E-state index contributed by atoms with van der Waals surface area (Å²) in [5, 5.41) is 6.85. The van der Waals surface area contributed by atoms with Crippen LogP contribution in [0.1, 0.15) is 28.9 Å². The molecule has 1 aliphatic rings. The van der Waals surface area contributed by atoms with Crippen molar-refractivity contribution in [3.8, 4) is 0 Å². The maximum atomic E-state index is 12.4. The molecule has 2 aromatic carbocycles. The summed E-state index contributed by atoms with van der Waals surface area (Å²) in [5.41, 5.74) is 3.09. The van der Waals surface area contributed by atoms with Crippen LogP contribution < -0.4 is 10.6 Å². The summed E-state index contributed by atoms with van der Waals surface area (Å²) in [6.07, 6.45) is 2.54. The van der Waals surface area contributed by atoms with E-state index in [1.165, 1.54) is 0 Å². The molecule has 1 aliphatic carbocycles. The third-order valence-electron chi connectivity index (χ3n) is 4.29. The lowest BCUT2D eigenvalue weighted by atomic mass is 10.1. The van der Waals surface area contributed by atoms with Crippen LogP contribution in [0.25, 0.3) is 10.9 Å². The van der Waals surface area contributed by atoms with Crippen LogP contribution in [0.4, 0.5) is 5.69 Å². The first kappa shape index (κ1) is 15.4. The molecule has 1 saturated carbocycles. The van der Waals surface area contributed by atoms with Gasteiger partial charge >= 0.3 is 0 Å². The van der Waals surface area contributed by atoms with Crippen LogP contribution in [-0.2, 0) is 11.2 Å². The van der Waals surface area contributed by atoms with E-state index in [-0.39, 0.29) is 11.8 Å². The number of hydrogen-bond acceptors (Lipinski definition) is 2. The standard InChI is InChI=1S/C20H19N3O2/c24-19(21-15-9-10-15)11-13-5-7-16(8-6-13)22-20(25)18-12-14-3-1-2-4-17(14)23-18/h1-8,12,15,23H,9-11H2,(H,21,24)(H,22,25). The van der Waals surface area contributed by atoms with Crippen molar-refractivity contribution in [2.75, 3.05) is 5.32 Å². The number of nitrogens with one attached hydrogen (secondary N) is 3. The fraction of sp³-hybridized carbons (Fsp3) is 0.200. The Bertz CT molecular complexity index is 891. The predicted molar refractivity (Wildman–Crippen MR) is 97.6 cm³/mol. The van der Waals surface area contributed by atoms with E-state index in [1.807, 2.05) is 54.6 Å². The molecule has 1 heterocycles. The average Bonchev–Trinajstić information content (AvgIpc) is 3.30. The molecule has 3 N–H and O–H groups in total. The minimum atomic E-state index is -0.185. The monoisotopic (exact) mass is 333 g/mol. The van der Waals surface area contributed by atoms with Gasteiger partial charge in [0.25, 0.3) is 5.91 Å². The van der Waals surface area contributed by atoms with Gasteiger partial charge < -0.3 is 15.6 Å². The first-order valence-electron chi connectivity index (χ1n) is 8.45. The number of carbonyl (C=O) groups is 2. The zero-order valence-electron chi connectivity index (χ0n) is 13.7. The molecular weight excluding hydrogens is 314 g/mol. The van der Waals surface area contributed by atoms with Gasteiger partial charge in [-0.15, -0.1) is 0 Å². The molecule has 5 nitrogen and oxygen atoms in total. The lowest BCUT2D eigenvalue weighted by Gasteiger charge is -2.06. The Morgan fingerprint density at radius 1 is 1.04 bits per heavy atom. The maximum absolute atomic E-state index is 12.4. The quantitative estimate of drug-likeness (QED) is 0.670. The molecule has 0 saturated heterocycles. The minimum absolute atomic E-state index is 0.0531. The molecule has 4 rings (SSSR count). The summed E-state index contributed by atoms with van der Waals surface area (Å²) in [5.74, 6) is -0.132. The molecule has 1 aromatic heterocycles. The van der Waals surface area contributed by atoms with Gasteiger partial charge in [0.15, 0.2) is 0 Å². The van der Waals surface area contributed by atoms with Gasteiger partial charge in [-0.25, -0.2) is 0 Å². The summed E-state index contributed by atoms with van der Waals surface area (Å²) < 4.78 is 0. The molecule has 5 heteroatoms. The van der Waals surface area contributed by atoms with Gasteiger partial charge in [-0.1, -0.05) is 30.3 Å². The van der Waals surface area contributed by atoms with Crippen molar-refractivity contribution < 1.29 is 9.59 Å². The second-order valence-electron chi connectivity index (χ2n) is 6.44. The number of rotatable bonds is 5. The van der Waals surface area contributed by atoms with Gasteiger partial charge in [0.05, 0.1) is 6.42 Å². The number of carbonyl (C=O) groups excluding carboxylic acids is 2. The van der Waals surface area contributed by atoms with E-state index >= 15 is 0 Å². The molecule has 0 spiro atoms. The van der Waals surface area contributed by atoms with Crippen LogP contribution in [0.2, 0.25) is 0 Å². The maximum Gasteiger partial charge on any atom is 0.272 e. The minimum Gasteiger partial charge on any atom is -0.353 e. The molecule has 0 bridgehead atoms. The Labute approximate surface area is 145 Å². The molecule has 2 amide bonds. The van der Waals surface area contributed by atoms with Gasteiger partial charge in [0.2, 0.25) is 5.91 Å². The van der Waals surface area contributed by atoms with Gasteiger partial charge in [0.1, 0.15) is 5.69 Å². The second kappa shape index (κ2) is 6.43. The number of aromatic nitrogens is 1. The van der Waals surface area contributed by atoms with Crippen LogP contribution >= 0.6 is 0 Å². The van der Waals surface area contributed by atoms with Crippen molar-refractivity contribution in [1.82, 2.24) is 10.3 Å². The number of fused-ring (bicyclic) bond motifs is 1. The van der Waals surface area contributed by atoms with E-state index in [1.54, 1.807) is 0 Å². The van der Waals surface area contributed by atoms with Gasteiger partial charge in [0, 0.05) is 22.6 Å². The number of hydrogen-bond donors (Lipinski definition) is 3. The highest BCUT2D eigenvalue weighted by molar-refractivity contribution is 6.05. The smallest absolute Gasteiger partial charge is 0.272 e. The fourth-order valence-corrected chi connectivity index (χ4v) is 2.79. The van der Waals surface area contributed by atoms with Crippen molar-refractivity contribution >= 4 is 28.4 Å². The van der Waals surface area contributed by atoms with Gasteiger partial charge in [-0.3, -0.25) is 9.59 Å². The molecule has 3 aromatic rings. The first-order valence-corrected chi connectivity index (χ1v) is 8.45. The second-order valence-corrected chi connectivity index (χ2v) is 6.44. The Balaban J connectivity index is 1.39. The number of benzene rings is 2. The zero-order valence-corrected chi connectivity index (χ0v) is 13.7. The van der Waals surface area contributed by atoms with Crippen LogP contribution in [0.5, 0.6) is 0 Å². The Hall–Kier alpha value is -3.08. The Kier molecular flexibility index (Phi) is 3.98. The van der Waals surface area contributed by atoms with Crippen LogP contribution in [0.3, 0.4) is 0 Å². The summed E-state index contributed by atoms with van der Waals surface area (Å²) in [6, 6.07) is 17.4. The first-order chi connectivity index (χ1) is 12.2. The molecule has 0 radical (unpaired) electrons. The van der Waals surface area contributed by atoms with E-state index in [4.69, 9.17) is 0 Å². The van der Waals surface area contributed by atoms with Crippen molar-refractivity contribution in [3.05, 3.63) is 65.9 Å². The molecular formula is C20H19N3O2. The SMILES string of the molecule is O=C(Cc1ccc(NC(=O)c2cc3ccccc3[nH]2)cc1)NC1CC1. The Morgan fingerprint density at radius 2 is 1.80 bits per heavy atom. The van der Waals surface area contributed by atoms with E-state index in [9.17, 15) is 9.59 Å². The van der Waals surface area contributed by atoms with Crippen molar-refractivity contribution in [2.45, 2.75) is 25.3 Å². The van der Waals surface area contributed by atoms with Crippen LogP contribution in [-0.4, -0.2) is 22.8 Å². The topological polar surface area (TPSA) is 74.0 Å². The number of anilines is 1. The molecule has 1 fully saturated rings. The summed E-state index contributed by atoms with van der Waals surface area (Å²) in [4.78, 5) is 27.3.